The molecule has 0 spiro atoms. The molecule has 7 nitrogen and oxygen atoms in total. The minimum absolute atomic E-state index is 0.0562. The number of hydrogen-bond donors (Lipinski definition) is 2. The molecule has 226 valence electrons. The molecule has 1 aliphatic carbocycles. The average Bonchev–Trinajstić information content (AvgIpc) is 3.38. The van der Waals surface area contributed by atoms with Crippen LogP contribution in [0.25, 0.3) is 10.9 Å². The summed E-state index contributed by atoms with van der Waals surface area (Å²) < 4.78 is 0. The van der Waals surface area contributed by atoms with E-state index in [0.29, 0.717) is 25.7 Å². The van der Waals surface area contributed by atoms with Gasteiger partial charge in [-0.2, -0.15) is 0 Å². The number of carbonyl (C=O) groups excluding carboxylic acids is 2. The normalized spacial score (nSPS) is 19.5. The SMILES string of the molecule is C=CCN1C[C@H](C(=O)N(CCCN(C)C)C(=O)NCC)C[C@@H]2c3cccc4[nH]cc(c34)C[C@H]21.Cc1ccc(C)c(C)c1. The molecular formula is C35H49N5O2. The van der Waals surface area contributed by atoms with E-state index in [1.165, 1.54) is 38.1 Å². The molecule has 0 unspecified atom stereocenters. The first-order valence-corrected chi connectivity index (χ1v) is 15.4. The molecule has 2 aliphatic rings. The van der Waals surface area contributed by atoms with Gasteiger partial charge in [0.1, 0.15) is 0 Å². The molecule has 2 heterocycles. The predicted molar refractivity (Wildman–Crippen MR) is 173 cm³/mol. The quantitative estimate of drug-likeness (QED) is 0.335. The first-order valence-electron chi connectivity index (χ1n) is 15.4. The van der Waals surface area contributed by atoms with Gasteiger partial charge in [0.25, 0.3) is 0 Å². The van der Waals surface area contributed by atoms with Crippen molar-refractivity contribution in [2.45, 2.75) is 58.9 Å². The van der Waals surface area contributed by atoms with Crippen molar-refractivity contribution in [1.82, 2.24) is 25.0 Å². The number of aromatic amines is 1. The van der Waals surface area contributed by atoms with Crippen LogP contribution in [-0.2, 0) is 11.2 Å². The monoisotopic (exact) mass is 571 g/mol. The van der Waals surface area contributed by atoms with Crippen molar-refractivity contribution in [3.8, 4) is 0 Å². The Kier molecular flexibility index (Phi) is 10.6. The summed E-state index contributed by atoms with van der Waals surface area (Å²) in [5, 5.41) is 4.16. The Bertz CT molecular complexity index is 1390. The molecule has 3 aromatic rings. The third-order valence-corrected chi connectivity index (χ3v) is 8.78. The van der Waals surface area contributed by atoms with E-state index >= 15 is 0 Å². The third kappa shape index (κ3) is 7.13. The molecule has 5 rings (SSSR count). The number of aryl methyl sites for hydroxylation is 3. The maximum Gasteiger partial charge on any atom is 0.324 e. The second kappa shape index (κ2) is 14.2. The molecule has 2 aromatic carbocycles. The molecule has 3 amide bonds. The number of urea groups is 1. The predicted octanol–water partition coefficient (Wildman–Crippen LogP) is 5.81. The van der Waals surface area contributed by atoms with Gasteiger partial charge in [-0.1, -0.05) is 42.0 Å². The minimum atomic E-state index is -0.280. The molecule has 1 fully saturated rings. The number of nitrogens with one attached hydrogen (secondary N) is 2. The topological polar surface area (TPSA) is 71.7 Å². The lowest BCUT2D eigenvalue weighted by molar-refractivity contribution is -0.135. The van der Waals surface area contributed by atoms with Gasteiger partial charge >= 0.3 is 6.03 Å². The van der Waals surface area contributed by atoms with Crippen molar-refractivity contribution in [3.63, 3.8) is 0 Å². The number of imide groups is 1. The van der Waals surface area contributed by atoms with Gasteiger partial charge in [-0.05, 0) is 95.9 Å². The maximum atomic E-state index is 13.7. The van der Waals surface area contributed by atoms with E-state index in [2.05, 4.69) is 90.0 Å². The van der Waals surface area contributed by atoms with Crippen molar-refractivity contribution < 1.29 is 9.59 Å². The van der Waals surface area contributed by atoms with Gasteiger partial charge in [0.15, 0.2) is 0 Å². The number of fused-ring (bicyclic) bond motifs is 2. The van der Waals surface area contributed by atoms with Crippen LogP contribution in [0.1, 0.15) is 53.5 Å². The van der Waals surface area contributed by atoms with Gasteiger partial charge in [0, 0.05) is 55.2 Å². The fraction of sp³-hybridized carbons (Fsp3) is 0.486. The summed E-state index contributed by atoms with van der Waals surface area (Å²) in [5.74, 6) is -0.0133. The summed E-state index contributed by atoms with van der Waals surface area (Å²) >= 11 is 0. The zero-order valence-electron chi connectivity index (χ0n) is 26.4. The molecule has 0 radical (unpaired) electrons. The van der Waals surface area contributed by atoms with Crippen LogP contribution < -0.4 is 5.32 Å². The van der Waals surface area contributed by atoms with E-state index in [1.807, 2.05) is 27.1 Å². The summed E-state index contributed by atoms with van der Waals surface area (Å²) in [6.45, 7) is 15.4. The highest BCUT2D eigenvalue weighted by atomic mass is 16.2. The van der Waals surface area contributed by atoms with Crippen LogP contribution >= 0.6 is 0 Å². The van der Waals surface area contributed by atoms with Gasteiger partial charge in [0.2, 0.25) is 5.91 Å². The van der Waals surface area contributed by atoms with Gasteiger partial charge in [0.05, 0.1) is 5.92 Å². The smallest absolute Gasteiger partial charge is 0.324 e. The fourth-order valence-corrected chi connectivity index (χ4v) is 6.57. The van der Waals surface area contributed by atoms with E-state index in [-0.39, 0.29) is 23.8 Å². The highest BCUT2D eigenvalue weighted by Gasteiger charge is 2.43. The molecular weight excluding hydrogens is 522 g/mol. The Morgan fingerprint density at radius 1 is 1.12 bits per heavy atom. The highest BCUT2D eigenvalue weighted by molar-refractivity contribution is 5.96. The molecule has 2 N–H and O–H groups in total. The number of piperidine rings is 1. The Labute approximate surface area is 252 Å². The zero-order chi connectivity index (χ0) is 30.4. The fourth-order valence-electron chi connectivity index (χ4n) is 6.57. The number of amides is 3. The highest BCUT2D eigenvalue weighted by Crippen LogP contribution is 2.45. The van der Waals surface area contributed by atoms with Crippen LogP contribution in [-0.4, -0.2) is 84.5 Å². The molecule has 3 atom stereocenters. The molecule has 0 bridgehead atoms. The lowest BCUT2D eigenvalue weighted by atomic mass is 9.72. The lowest BCUT2D eigenvalue weighted by Crippen LogP contribution is -2.55. The lowest BCUT2D eigenvalue weighted by Gasteiger charge is -2.47. The molecule has 1 aromatic heterocycles. The van der Waals surface area contributed by atoms with Crippen LogP contribution in [0.4, 0.5) is 4.79 Å². The Hall–Kier alpha value is -3.42. The Balaban J connectivity index is 0.000000385. The van der Waals surface area contributed by atoms with Gasteiger partial charge < -0.3 is 15.2 Å². The van der Waals surface area contributed by atoms with E-state index < -0.39 is 0 Å². The van der Waals surface area contributed by atoms with E-state index in [9.17, 15) is 9.59 Å². The average molecular weight is 572 g/mol. The first-order chi connectivity index (χ1) is 20.1. The molecule has 7 heteroatoms. The van der Waals surface area contributed by atoms with Crippen molar-refractivity contribution in [3.05, 3.63) is 83.1 Å². The molecule has 0 saturated carbocycles. The number of benzene rings is 2. The largest absolute Gasteiger partial charge is 0.361 e. The Morgan fingerprint density at radius 2 is 1.90 bits per heavy atom. The van der Waals surface area contributed by atoms with Crippen molar-refractivity contribution in [1.29, 1.82) is 0 Å². The van der Waals surface area contributed by atoms with Crippen molar-refractivity contribution in [2.24, 2.45) is 5.92 Å². The van der Waals surface area contributed by atoms with E-state index in [1.54, 1.807) is 0 Å². The van der Waals surface area contributed by atoms with E-state index in [0.717, 1.165) is 37.9 Å². The second-order valence-electron chi connectivity index (χ2n) is 12.2. The van der Waals surface area contributed by atoms with Crippen molar-refractivity contribution >= 4 is 22.8 Å². The summed E-state index contributed by atoms with van der Waals surface area (Å²) in [6.07, 6.45) is 6.56. The van der Waals surface area contributed by atoms with Gasteiger partial charge in [-0.25, -0.2) is 4.79 Å². The van der Waals surface area contributed by atoms with Gasteiger partial charge in [-0.3, -0.25) is 14.6 Å². The number of aromatic nitrogens is 1. The van der Waals surface area contributed by atoms with Crippen molar-refractivity contribution in [2.75, 3.05) is 46.8 Å². The Morgan fingerprint density at radius 3 is 2.57 bits per heavy atom. The van der Waals surface area contributed by atoms with Crippen LogP contribution in [0.2, 0.25) is 0 Å². The number of rotatable bonds is 8. The number of likely N-dealkylation sites (tertiary alicyclic amines) is 1. The molecule has 1 aliphatic heterocycles. The molecule has 1 saturated heterocycles. The molecule has 42 heavy (non-hydrogen) atoms. The summed E-state index contributed by atoms with van der Waals surface area (Å²) in [4.78, 5) is 35.9. The number of hydrogen-bond acceptors (Lipinski definition) is 4. The zero-order valence-corrected chi connectivity index (χ0v) is 26.4. The third-order valence-electron chi connectivity index (χ3n) is 8.78. The van der Waals surface area contributed by atoms with E-state index in [4.69, 9.17) is 0 Å². The van der Waals surface area contributed by atoms with Crippen LogP contribution in [0.5, 0.6) is 0 Å². The number of nitrogens with zero attached hydrogens (tertiary/aromatic N) is 3. The van der Waals surface area contributed by atoms with Gasteiger partial charge in [-0.15, -0.1) is 6.58 Å². The van der Waals surface area contributed by atoms with Crippen LogP contribution in [0, 0.1) is 26.7 Å². The number of carbonyl (C=O) groups is 2. The maximum absolute atomic E-state index is 13.7. The summed E-state index contributed by atoms with van der Waals surface area (Å²) in [6, 6.07) is 13.0. The summed E-state index contributed by atoms with van der Waals surface area (Å²) in [5.41, 5.74) is 7.95. The minimum Gasteiger partial charge on any atom is -0.361 e. The van der Waals surface area contributed by atoms with Crippen LogP contribution in [0.3, 0.4) is 0 Å². The standard InChI is InChI=1S/C26H37N5O2.C9H12/c1-5-11-30-17-19(25(32)31(26(33)27-6-2)13-8-12-29(3)4)14-21-20-9-7-10-22-24(20)18(16-28-22)15-23(21)30;1-7-4-5-8(2)9(3)6-7/h5,7,9-10,16,19,21,23,28H,1,6,8,11-15,17H2,2-4H3,(H,27,33);4-6H,1-3H3/t19-,21-,23-;/m1./s1. The number of H-pyrrole nitrogens is 1. The second-order valence-corrected chi connectivity index (χ2v) is 12.2. The first kappa shape index (κ1) is 31.5. The summed E-state index contributed by atoms with van der Waals surface area (Å²) in [7, 11) is 4.01. The van der Waals surface area contributed by atoms with Crippen LogP contribution in [0.15, 0.2) is 55.3 Å².